The molecule has 0 saturated carbocycles. The van der Waals surface area contributed by atoms with Crippen molar-refractivity contribution >= 4 is 10.9 Å². The van der Waals surface area contributed by atoms with Gasteiger partial charge in [0.2, 0.25) is 0 Å². The molecule has 0 aliphatic carbocycles. The van der Waals surface area contributed by atoms with Crippen LogP contribution in [0.15, 0.2) is 61.1 Å². The Morgan fingerprint density at radius 3 is 2.70 bits per heavy atom. The van der Waals surface area contributed by atoms with Crippen LogP contribution in [0.2, 0.25) is 0 Å². The Labute approximate surface area is 159 Å². The number of aryl methyl sites for hydroxylation is 1. The van der Waals surface area contributed by atoms with Crippen LogP contribution in [-0.2, 0) is 13.0 Å². The molecule has 3 aromatic heterocycles. The minimum absolute atomic E-state index is 0.986. The molecule has 0 atom stereocenters. The molecular formula is C23H22N4. The Hall–Kier alpha value is -2.98. The summed E-state index contributed by atoms with van der Waals surface area (Å²) in [4.78, 5) is 11.4. The maximum atomic E-state index is 4.83. The number of nitrogens with zero attached hydrogens (tertiary/aromatic N) is 4. The van der Waals surface area contributed by atoms with E-state index in [2.05, 4.69) is 64.8 Å². The number of likely N-dealkylation sites (N-methyl/N-ethyl adjacent to an activating group) is 1. The molecule has 1 aliphatic rings. The maximum absolute atomic E-state index is 4.83. The van der Waals surface area contributed by atoms with Crippen molar-refractivity contribution in [2.45, 2.75) is 19.9 Å². The summed E-state index contributed by atoms with van der Waals surface area (Å²) in [6, 6.07) is 15.0. The highest BCUT2D eigenvalue weighted by Gasteiger charge is 2.24. The normalized spacial score (nSPS) is 14.4. The molecule has 1 aromatic carbocycles. The zero-order chi connectivity index (χ0) is 18.4. The van der Waals surface area contributed by atoms with E-state index in [1.54, 1.807) is 0 Å². The molecule has 0 saturated heterocycles. The zero-order valence-corrected chi connectivity index (χ0v) is 15.7. The molecule has 4 aromatic rings. The van der Waals surface area contributed by atoms with Crippen molar-refractivity contribution in [1.29, 1.82) is 0 Å². The van der Waals surface area contributed by atoms with Crippen molar-refractivity contribution in [2.24, 2.45) is 0 Å². The highest BCUT2D eigenvalue weighted by Crippen LogP contribution is 2.36. The lowest BCUT2D eigenvalue weighted by Gasteiger charge is -2.24. The molecule has 4 nitrogen and oxygen atoms in total. The average molecular weight is 354 g/mol. The molecule has 0 radical (unpaired) electrons. The summed E-state index contributed by atoms with van der Waals surface area (Å²) in [5, 5.41) is 1.35. The van der Waals surface area contributed by atoms with Gasteiger partial charge in [0.05, 0.1) is 5.52 Å². The van der Waals surface area contributed by atoms with Gasteiger partial charge in [-0.3, -0.25) is 9.55 Å². The summed E-state index contributed by atoms with van der Waals surface area (Å²) in [5.41, 5.74) is 7.65. The summed E-state index contributed by atoms with van der Waals surface area (Å²) in [7, 11) is 2.20. The minimum atomic E-state index is 0.986. The van der Waals surface area contributed by atoms with Gasteiger partial charge in [-0.2, -0.15) is 0 Å². The van der Waals surface area contributed by atoms with Gasteiger partial charge in [0.25, 0.3) is 0 Å². The van der Waals surface area contributed by atoms with Crippen molar-refractivity contribution in [3.8, 4) is 16.9 Å². The van der Waals surface area contributed by atoms with Crippen molar-refractivity contribution in [3.05, 3.63) is 77.9 Å². The van der Waals surface area contributed by atoms with E-state index in [-0.39, 0.29) is 0 Å². The molecule has 1 aliphatic heterocycles. The predicted octanol–water partition coefficient (Wildman–Crippen LogP) is 4.38. The fraction of sp³-hybridized carbons (Fsp3) is 0.217. The molecule has 5 rings (SSSR count). The van der Waals surface area contributed by atoms with Gasteiger partial charge in [0.1, 0.15) is 5.82 Å². The Bertz CT molecular complexity index is 1130. The largest absolute Gasteiger partial charge is 0.302 e. The van der Waals surface area contributed by atoms with Crippen LogP contribution in [0.1, 0.15) is 16.8 Å². The molecule has 27 heavy (non-hydrogen) atoms. The summed E-state index contributed by atoms with van der Waals surface area (Å²) in [6.07, 6.45) is 6.61. The minimum Gasteiger partial charge on any atom is -0.302 e. The van der Waals surface area contributed by atoms with E-state index in [9.17, 15) is 0 Å². The first-order valence-corrected chi connectivity index (χ1v) is 9.39. The van der Waals surface area contributed by atoms with E-state index in [0.29, 0.717) is 0 Å². The molecule has 0 fully saturated rings. The quantitative estimate of drug-likeness (QED) is 0.536. The first-order chi connectivity index (χ1) is 13.2. The first kappa shape index (κ1) is 16.2. The molecule has 0 amide bonds. The number of fused-ring (bicyclic) bond motifs is 3. The molecule has 0 unspecified atom stereocenters. The highest BCUT2D eigenvalue weighted by molar-refractivity contribution is 5.89. The van der Waals surface area contributed by atoms with Crippen molar-refractivity contribution in [1.82, 2.24) is 19.4 Å². The van der Waals surface area contributed by atoms with E-state index in [4.69, 9.17) is 4.98 Å². The third-order valence-corrected chi connectivity index (χ3v) is 5.48. The Morgan fingerprint density at radius 1 is 1.00 bits per heavy atom. The van der Waals surface area contributed by atoms with Crippen LogP contribution in [0.5, 0.6) is 0 Å². The fourth-order valence-electron chi connectivity index (χ4n) is 4.18. The van der Waals surface area contributed by atoms with Crippen LogP contribution in [0, 0.1) is 6.92 Å². The highest BCUT2D eigenvalue weighted by atomic mass is 15.1. The van der Waals surface area contributed by atoms with Gasteiger partial charge in [-0.15, -0.1) is 0 Å². The van der Waals surface area contributed by atoms with Crippen molar-refractivity contribution < 1.29 is 0 Å². The second-order valence-corrected chi connectivity index (χ2v) is 7.38. The summed E-state index contributed by atoms with van der Waals surface area (Å²) < 4.78 is 2.38. The lowest BCUT2D eigenvalue weighted by atomic mass is 10.0. The van der Waals surface area contributed by atoms with Gasteiger partial charge in [-0.1, -0.05) is 11.6 Å². The van der Waals surface area contributed by atoms with Gasteiger partial charge < -0.3 is 4.90 Å². The summed E-state index contributed by atoms with van der Waals surface area (Å²) in [5.74, 6) is 1.00. The third-order valence-electron chi connectivity index (χ3n) is 5.48. The van der Waals surface area contributed by atoms with Gasteiger partial charge in [0.15, 0.2) is 0 Å². The predicted molar refractivity (Wildman–Crippen MR) is 109 cm³/mol. The number of benzene rings is 1. The molecule has 0 N–H and O–H groups in total. The fourth-order valence-corrected chi connectivity index (χ4v) is 4.18. The van der Waals surface area contributed by atoms with E-state index < -0.39 is 0 Å². The average Bonchev–Trinajstić information content (AvgIpc) is 3.01. The van der Waals surface area contributed by atoms with Gasteiger partial charge in [0, 0.05) is 54.7 Å². The maximum Gasteiger partial charge on any atom is 0.145 e. The SMILES string of the molecule is Cc1ccc2c(c1)c1c(n2-c2ncccc2-c2ccncc2)CCN(C)C1. The van der Waals surface area contributed by atoms with Crippen LogP contribution in [0.3, 0.4) is 0 Å². The van der Waals surface area contributed by atoms with Gasteiger partial charge >= 0.3 is 0 Å². The molecule has 4 heteroatoms. The second-order valence-electron chi connectivity index (χ2n) is 7.38. The second kappa shape index (κ2) is 6.32. The summed E-state index contributed by atoms with van der Waals surface area (Å²) in [6.45, 7) is 4.22. The van der Waals surface area contributed by atoms with Crippen LogP contribution in [0.25, 0.3) is 27.8 Å². The topological polar surface area (TPSA) is 34.0 Å². The lowest BCUT2D eigenvalue weighted by Crippen LogP contribution is -2.27. The van der Waals surface area contributed by atoms with Crippen LogP contribution < -0.4 is 0 Å². The molecule has 134 valence electrons. The van der Waals surface area contributed by atoms with Crippen LogP contribution in [0.4, 0.5) is 0 Å². The molecule has 0 spiro atoms. The van der Waals surface area contributed by atoms with E-state index in [1.807, 2.05) is 24.7 Å². The zero-order valence-electron chi connectivity index (χ0n) is 15.7. The standard InChI is InChI=1S/C23H22N4/c1-16-5-6-21-19(14-16)20-15-26(2)13-9-22(20)27(21)23-18(4-3-10-25-23)17-7-11-24-12-8-17/h3-8,10-12,14H,9,13,15H2,1-2H3. The molecule has 4 heterocycles. The lowest BCUT2D eigenvalue weighted by molar-refractivity contribution is 0.311. The molecule has 0 bridgehead atoms. The Kier molecular flexibility index (Phi) is 3.80. The Balaban J connectivity index is 1.83. The van der Waals surface area contributed by atoms with Gasteiger partial charge in [-0.05, 0) is 61.5 Å². The first-order valence-electron chi connectivity index (χ1n) is 9.39. The van der Waals surface area contributed by atoms with Crippen molar-refractivity contribution in [3.63, 3.8) is 0 Å². The number of rotatable bonds is 2. The number of pyridine rings is 2. The van der Waals surface area contributed by atoms with Crippen LogP contribution in [-0.4, -0.2) is 33.0 Å². The van der Waals surface area contributed by atoms with E-state index in [0.717, 1.165) is 36.5 Å². The smallest absolute Gasteiger partial charge is 0.145 e. The van der Waals surface area contributed by atoms with E-state index >= 15 is 0 Å². The number of aromatic nitrogens is 3. The number of hydrogen-bond donors (Lipinski definition) is 0. The van der Waals surface area contributed by atoms with Crippen molar-refractivity contribution in [2.75, 3.05) is 13.6 Å². The molecular weight excluding hydrogens is 332 g/mol. The van der Waals surface area contributed by atoms with E-state index in [1.165, 1.54) is 27.7 Å². The van der Waals surface area contributed by atoms with Crippen LogP contribution >= 0.6 is 0 Å². The Morgan fingerprint density at radius 2 is 1.85 bits per heavy atom. The third kappa shape index (κ3) is 2.64. The number of hydrogen-bond acceptors (Lipinski definition) is 3. The monoisotopic (exact) mass is 354 g/mol. The summed E-state index contributed by atoms with van der Waals surface area (Å²) >= 11 is 0. The van der Waals surface area contributed by atoms with Gasteiger partial charge in [-0.25, -0.2) is 4.98 Å².